The van der Waals surface area contributed by atoms with E-state index in [4.69, 9.17) is 4.74 Å². The van der Waals surface area contributed by atoms with Crippen molar-refractivity contribution in [2.75, 3.05) is 20.1 Å². The molecule has 0 bridgehead atoms. The van der Waals surface area contributed by atoms with Crippen LogP contribution in [0, 0.1) is 5.92 Å². The van der Waals surface area contributed by atoms with Crippen molar-refractivity contribution in [1.29, 1.82) is 0 Å². The van der Waals surface area contributed by atoms with Crippen LogP contribution in [-0.4, -0.2) is 81.7 Å². The van der Waals surface area contributed by atoms with Crippen LogP contribution >= 0.6 is 0 Å². The molecule has 1 saturated heterocycles. The Morgan fingerprint density at radius 2 is 1.93 bits per heavy atom. The molecule has 0 aliphatic carbocycles. The van der Waals surface area contributed by atoms with Crippen molar-refractivity contribution in [2.24, 2.45) is 5.92 Å². The largest absolute Gasteiger partial charge is 0.444 e. The molecule has 3 amide bonds. The number of carbonyl (C=O) groups is 3. The van der Waals surface area contributed by atoms with Crippen LogP contribution in [0.3, 0.4) is 0 Å². The van der Waals surface area contributed by atoms with Crippen LogP contribution in [0.5, 0.6) is 0 Å². The molecule has 3 rings (SSSR count). The molecule has 9 heteroatoms. The number of likely N-dealkylation sites (tertiary alicyclic amines) is 1. The number of β-amino-alcohol motifs (C(OH)–C–C–N with tert-alkyl or cyclic N) is 1. The number of hydrogen-bond donors (Lipinski definition) is 2. The predicted molar refractivity (Wildman–Crippen MR) is 154 cm³/mol. The fourth-order valence-corrected chi connectivity index (χ4v) is 4.82. The number of aromatic nitrogens is 1. The summed E-state index contributed by atoms with van der Waals surface area (Å²) in [4.78, 5) is 46.6. The molecule has 2 heterocycles. The normalized spacial score (nSPS) is 18.6. The number of ether oxygens (including phenoxy) is 1. The molecule has 1 aliphatic rings. The first-order chi connectivity index (χ1) is 18.8. The van der Waals surface area contributed by atoms with E-state index in [1.807, 2.05) is 56.3 Å². The maximum absolute atomic E-state index is 13.4. The Balaban J connectivity index is 1.63. The van der Waals surface area contributed by atoms with Gasteiger partial charge in [-0.05, 0) is 69.7 Å². The number of benzene rings is 1. The molecule has 3 atom stereocenters. The number of aliphatic hydroxyl groups excluding tert-OH is 1. The first kappa shape index (κ1) is 31.1. The van der Waals surface area contributed by atoms with Gasteiger partial charge in [0.25, 0.3) is 0 Å². The molecule has 0 radical (unpaired) electrons. The number of rotatable bonds is 8. The Morgan fingerprint density at radius 3 is 2.58 bits per heavy atom. The summed E-state index contributed by atoms with van der Waals surface area (Å²) >= 11 is 0. The van der Waals surface area contributed by atoms with Crippen LogP contribution in [0.1, 0.15) is 59.4 Å². The lowest BCUT2D eigenvalue weighted by Crippen LogP contribution is -2.54. The second kappa shape index (κ2) is 13.7. The van der Waals surface area contributed by atoms with E-state index in [0.717, 1.165) is 16.8 Å². The van der Waals surface area contributed by atoms with Crippen molar-refractivity contribution >= 4 is 17.9 Å². The molecule has 1 aromatic heterocycles. The number of amides is 3. The van der Waals surface area contributed by atoms with E-state index in [-0.39, 0.29) is 30.7 Å². The fraction of sp³-hybridized carbons (Fsp3) is 0.548. The third kappa shape index (κ3) is 9.05. The molecule has 9 nitrogen and oxygen atoms in total. The van der Waals surface area contributed by atoms with Crippen LogP contribution in [0.2, 0.25) is 0 Å². The maximum atomic E-state index is 13.4. The summed E-state index contributed by atoms with van der Waals surface area (Å²) < 4.78 is 5.47. The first-order valence-corrected chi connectivity index (χ1v) is 14.1. The van der Waals surface area contributed by atoms with E-state index in [2.05, 4.69) is 10.3 Å². The fourth-order valence-electron chi connectivity index (χ4n) is 4.82. The summed E-state index contributed by atoms with van der Waals surface area (Å²) in [6.07, 6.45) is 2.06. The smallest absolute Gasteiger partial charge is 0.410 e. The van der Waals surface area contributed by atoms with Crippen LogP contribution in [0.15, 0.2) is 48.7 Å². The van der Waals surface area contributed by atoms with Crippen molar-refractivity contribution in [2.45, 2.75) is 84.1 Å². The van der Waals surface area contributed by atoms with Crippen LogP contribution < -0.4 is 5.32 Å². The third-order valence-electron chi connectivity index (χ3n) is 6.88. The second-order valence-electron chi connectivity index (χ2n) is 12.0. The van der Waals surface area contributed by atoms with Crippen molar-refractivity contribution in [3.05, 3.63) is 54.2 Å². The molecule has 0 unspecified atom stereocenters. The highest BCUT2D eigenvalue weighted by molar-refractivity contribution is 5.86. The van der Waals surface area contributed by atoms with Crippen molar-refractivity contribution < 1.29 is 24.2 Å². The van der Waals surface area contributed by atoms with Crippen LogP contribution in [0.4, 0.5) is 4.79 Å². The number of nitrogens with zero attached hydrogens (tertiary/aromatic N) is 3. The molecule has 1 aliphatic heterocycles. The van der Waals surface area contributed by atoms with Gasteiger partial charge in [-0.15, -0.1) is 0 Å². The zero-order valence-electron chi connectivity index (χ0n) is 24.6. The van der Waals surface area contributed by atoms with Gasteiger partial charge in [-0.1, -0.05) is 38.1 Å². The minimum Gasteiger partial charge on any atom is -0.444 e. The van der Waals surface area contributed by atoms with E-state index in [1.165, 1.54) is 4.90 Å². The van der Waals surface area contributed by atoms with Gasteiger partial charge in [0, 0.05) is 31.9 Å². The molecule has 40 heavy (non-hydrogen) atoms. The lowest BCUT2D eigenvalue weighted by atomic mass is 10.0. The van der Waals surface area contributed by atoms with E-state index in [1.54, 1.807) is 38.9 Å². The van der Waals surface area contributed by atoms with Crippen LogP contribution in [-0.2, 0) is 20.7 Å². The molecule has 0 saturated carbocycles. The van der Waals surface area contributed by atoms with Gasteiger partial charge < -0.3 is 20.1 Å². The van der Waals surface area contributed by atoms with E-state index in [9.17, 15) is 19.5 Å². The molecule has 1 aromatic carbocycles. The monoisotopic (exact) mass is 552 g/mol. The lowest BCUT2D eigenvalue weighted by molar-refractivity contribution is -0.131. The SMILES string of the molecule is CC(C)C[C@@H](C(=O)N[C@H]1CCCN(C(=O)Cc2cccc(-c3ccccn3)c2)C[C@@H]1O)N(C)C(=O)OC(C)(C)C. The molecule has 0 spiro atoms. The number of nitrogens with one attached hydrogen (secondary N) is 1. The topological polar surface area (TPSA) is 112 Å². The van der Waals surface area contributed by atoms with Crippen LogP contribution in [0.25, 0.3) is 11.3 Å². The minimum atomic E-state index is -0.929. The van der Waals surface area contributed by atoms with Gasteiger partial charge in [0.2, 0.25) is 11.8 Å². The van der Waals surface area contributed by atoms with Gasteiger partial charge in [-0.3, -0.25) is 19.5 Å². The Morgan fingerprint density at radius 1 is 1.18 bits per heavy atom. The molecular formula is C31H44N4O5. The quantitative estimate of drug-likeness (QED) is 0.511. The van der Waals surface area contributed by atoms with E-state index >= 15 is 0 Å². The average Bonchev–Trinajstić information content (AvgIpc) is 3.07. The summed E-state index contributed by atoms with van der Waals surface area (Å²) in [5.74, 6) is -0.257. The maximum Gasteiger partial charge on any atom is 0.410 e. The highest BCUT2D eigenvalue weighted by atomic mass is 16.6. The van der Waals surface area contributed by atoms with Gasteiger partial charge >= 0.3 is 6.09 Å². The van der Waals surface area contributed by atoms with E-state index in [0.29, 0.717) is 25.8 Å². The van der Waals surface area contributed by atoms with E-state index < -0.39 is 29.9 Å². The summed E-state index contributed by atoms with van der Waals surface area (Å²) in [5, 5.41) is 14.0. The number of aliphatic hydroxyl groups is 1. The average molecular weight is 553 g/mol. The Labute approximate surface area is 237 Å². The van der Waals surface area contributed by atoms with Gasteiger partial charge in [0.05, 0.1) is 24.3 Å². The predicted octanol–water partition coefficient (Wildman–Crippen LogP) is 4.04. The minimum absolute atomic E-state index is 0.0773. The zero-order valence-corrected chi connectivity index (χ0v) is 24.6. The zero-order chi connectivity index (χ0) is 29.4. The Hall–Kier alpha value is -3.46. The first-order valence-electron chi connectivity index (χ1n) is 14.1. The second-order valence-corrected chi connectivity index (χ2v) is 12.0. The van der Waals surface area contributed by atoms with Crippen molar-refractivity contribution in [3.8, 4) is 11.3 Å². The third-order valence-corrected chi connectivity index (χ3v) is 6.88. The lowest BCUT2D eigenvalue weighted by Gasteiger charge is -2.32. The molecule has 2 N–H and O–H groups in total. The molecular weight excluding hydrogens is 508 g/mol. The van der Waals surface area contributed by atoms with Crippen molar-refractivity contribution in [3.63, 3.8) is 0 Å². The molecule has 2 aromatic rings. The number of likely N-dealkylation sites (N-methyl/N-ethyl adjacent to an activating group) is 1. The molecule has 218 valence electrons. The van der Waals surface area contributed by atoms with Crippen molar-refractivity contribution in [1.82, 2.24) is 20.1 Å². The highest BCUT2D eigenvalue weighted by Gasteiger charge is 2.34. The number of hydrogen-bond acceptors (Lipinski definition) is 6. The van der Waals surface area contributed by atoms with Gasteiger partial charge in [-0.2, -0.15) is 0 Å². The standard InChI is InChI=1S/C31H44N4O5/c1-21(2)17-26(34(6)30(39)40-31(3,4)5)29(38)33-25-14-10-16-35(20-27(25)36)28(37)19-22-11-9-12-23(18-22)24-13-7-8-15-32-24/h7-9,11-13,15,18,21,25-27,36H,10,14,16-17,19-20H2,1-6H3,(H,33,38)/t25-,26-,27-/m0/s1. The number of carbonyl (C=O) groups excluding carboxylic acids is 3. The Kier molecular flexibility index (Phi) is 10.7. The van der Waals surface area contributed by atoms with Gasteiger partial charge in [0.1, 0.15) is 11.6 Å². The summed E-state index contributed by atoms with van der Waals surface area (Å²) in [6, 6.07) is 12.2. The highest BCUT2D eigenvalue weighted by Crippen LogP contribution is 2.21. The number of pyridine rings is 1. The van der Waals surface area contributed by atoms with Gasteiger partial charge in [-0.25, -0.2) is 4.79 Å². The Bertz CT molecular complexity index is 1150. The molecule has 1 fully saturated rings. The summed E-state index contributed by atoms with van der Waals surface area (Å²) in [7, 11) is 1.56. The summed E-state index contributed by atoms with van der Waals surface area (Å²) in [6.45, 7) is 9.93. The van der Waals surface area contributed by atoms with Gasteiger partial charge in [0.15, 0.2) is 0 Å². The summed E-state index contributed by atoms with van der Waals surface area (Å²) in [5.41, 5.74) is 1.97.